The topological polar surface area (TPSA) is 101 Å². The largest absolute Gasteiger partial charge is 0.504 e. The first-order valence-corrected chi connectivity index (χ1v) is 9.68. The van der Waals surface area contributed by atoms with E-state index in [9.17, 15) is 25.5 Å². The van der Waals surface area contributed by atoms with Gasteiger partial charge in [0.05, 0.1) is 5.56 Å². The van der Waals surface area contributed by atoms with Crippen LogP contribution in [0.1, 0.15) is 0 Å². The fraction of sp³-hybridized carbons (Fsp3) is 0. The Kier molecular flexibility index (Phi) is 4.12. The van der Waals surface area contributed by atoms with Crippen LogP contribution in [-0.4, -0.2) is 25.5 Å². The van der Waals surface area contributed by atoms with Gasteiger partial charge in [-0.1, -0.05) is 78.9 Å². The molecule has 0 aliphatic rings. The second kappa shape index (κ2) is 6.85. The number of rotatable bonds is 2. The first-order valence-electron chi connectivity index (χ1n) is 9.68. The summed E-state index contributed by atoms with van der Waals surface area (Å²) in [6.45, 7) is 0. The van der Waals surface area contributed by atoms with Crippen molar-refractivity contribution < 1.29 is 25.5 Å². The second-order valence-electron chi connectivity index (χ2n) is 7.33. The monoisotopic (exact) mass is 410 g/mol. The highest BCUT2D eigenvalue weighted by Gasteiger charge is 2.27. The van der Waals surface area contributed by atoms with Crippen LogP contribution in [-0.2, 0) is 0 Å². The summed E-state index contributed by atoms with van der Waals surface area (Å²) in [4.78, 5) is 0. The van der Waals surface area contributed by atoms with Gasteiger partial charge in [0, 0.05) is 5.56 Å². The molecule has 0 heterocycles. The van der Waals surface area contributed by atoms with E-state index in [1.165, 1.54) is 0 Å². The zero-order valence-corrected chi connectivity index (χ0v) is 16.2. The fourth-order valence-electron chi connectivity index (χ4n) is 4.24. The minimum absolute atomic E-state index is 0.153. The number of hydrogen-bond donors (Lipinski definition) is 5. The number of benzene rings is 5. The molecule has 5 heteroatoms. The van der Waals surface area contributed by atoms with E-state index in [-0.39, 0.29) is 5.56 Å². The van der Waals surface area contributed by atoms with Crippen LogP contribution < -0.4 is 0 Å². The number of fused-ring (bicyclic) bond motifs is 2. The molecule has 5 nitrogen and oxygen atoms in total. The molecular weight excluding hydrogens is 392 g/mol. The first-order chi connectivity index (χ1) is 15.0. The van der Waals surface area contributed by atoms with Crippen LogP contribution in [0, 0.1) is 0 Å². The van der Waals surface area contributed by atoms with E-state index in [4.69, 9.17) is 0 Å². The third kappa shape index (κ3) is 2.64. The van der Waals surface area contributed by atoms with Gasteiger partial charge in [0.1, 0.15) is 0 Å². The summed E-state index contributed by atoms with van der Waals surface area (Å²) in [7, 11) is 0. The van der Waals surface area contributed by atoms with E-state index in [0.717, 1.165) is 21.9 Å². The molecule has 5 aromatic rings. The molecule has 5 rings (SSSR count). The molecule has 0 atom stereocenters. The summed E-state index contributed by atoms with van der Waals surface area (Å²) in [5.74, 6) is -4.20. The Hall–Kier alpha value is -4.38. The van der Waals surface area contributed by atoms with Gasteiger partial charge in [-0.05, 0) is 32.7 Å². The lowest BCUT2D eigenvalue weighted by molar-refractivity contribution is 0.330. The molecule has 0 fully saturated rings. The van der Waals surface area contributed by atoms with Crippen molar-refractivity contribution in [2.24, 2.45) is 0 Å². The zero-order valence-electron chi connectivity index (χ0n) is 16.2. The van der Waals surface area contributed by atoms with E-state index in [2.05, 4.69) is 0 Å². The van der Waals surface area contributed by atoms with Gasteiger partial charge >= 0.3 is 0 Å². The van der Waals surface area contributed by atoms with Crippen LogP contribution in [0.25, 0.3) is 43.8 Å². The number of hydrogen-bond acceptors (Lipinski definition) is 5. The van der Waals surface area contributed by atoms with Gasteiger partial charge in [0.25, 0.3) is 0 Å². The Morgan fingerprint density at radius 2 is 0.677 bits per heavy atom. The lowest BCUT2D eigenvalue weighted by atomic mass is 9.85. The predicted octanol–water partition coefficient (Wildman–Crippen LogP) is 5.86. The molecular formula is C26H18O5. The smallest absolute Gasteiger partial charge is 0.208 e. The molecule has 0 unspecified atom stereocenters. The summed E-state index contributed by atoms with van der Waals surface area (Å²) in [6.07, 6.45) is 0. The van der Waals surface area contributed by atoms with Crippen LogP contribution >= 0.6 is 0 Å². The fourth-order valence-corrected chi connectivity index (χ4v) is 4.24. The third-order valence-corrected chi connectivity index (χ3v) is 5.61. The van der Waals surface area contributed by atoms with Crippen LogP contribution in [0.15, 0.2) is 78.9 Å². The van der Waals surface area contributed by atoms with Crippen molar-refractivity contribution in [2.75, 3.05) is 0 Å². The Bertz CT molecular complexity index is 1390. The van der Waals surface area contributed by atoms with Gasteiger partial charge in [-0.15, -0.1) is 0 Å². The minimum Gasteiger partial charge on any atom is -0.504 e. The maximum Gasteiger partial charge on any atom is 0.208 e. The lowest BCUT2D eigenvalue weighted by Crippen LogP contribution is -1.92. The van der Waals surface area contributed by atoms with Gasteiger partial charge in [0.2, 0.25) is 17.2 Å². The van der Waals surface area contributed by atoms with Crippen molar-refractivity contribution in [2.45, 2.75) is 0 Å². The van der Waals surface area contributed by atoms with Crippen molar-refractivity contribution in [3.8, 4) is 51.0 Å². The number of aromatic hydroxyl groups is 5. The molecule has 0 aliphatic carbocycles. The van der Waals surface area contributed by atoms with Crippen LogP contribution in [0.4, 0.5) is 0 Å². The average molecular weight is 410 g/mol. The highest BCUT2D eigenvalue weighted by atomic mass is 16.4. The Balaban J connectivity index is 2.05. The average Bonchev–Trinajstić information content (AvgIpc) is 2.81. The maximum absolute atomic E-state index is 10.7. The Morgan fingerprint density at radius 3 is 1.13 bits per heavy atom. The van der Waals surface area contributed by atoms with Gasteiger partial charge in [0.15, 0.2) is 11.5 Å². The van der Waals surface area contributed by atoms with Gasteiger partial charge in [-0.2, -0.15) is 0 Å². The molecule has 31 heavy (non-hydrogen) atoms. The predicted molar refractivity (Wildman–Crippen MR) is 121 cm³/mol. The molecule has 0 spiro atoms. The molecule has 0 aliphatic heterocycles. The van der Waals surface area contributed by atoms with Crippen molar-refractivity contribution >= 4 is 21.5 Å². The standard InChI is InChI=1S/C26H18O5/c27-22-21(23(28)25(30)26(31)24(22)29)20-17-12-6-4-10-15(17)19(14-8-2-1-3-9-14)16-11-5-7-13-18(16)20/h1-13,27-31H. The summed E-state index contributed by atoms with van der Waals surface area (Å²) in [5.41, 5.74) is 2.28. The number of phenolic OH excluding ortho intramolecular Hbond substituents is 5. The van der Waals surface area contributed by atoms with E-state index in [1.54, 1.807) is 0 Å². The van der Waals surface area contributed by atoms with E-state index in [0.29, 0.717) is 16.3 Å². The Morgan fingerprint density at radius 1 is 0.323 bits per heavy atom. The quantitative estimate of drug-likeness (QED) is 0.143. The molecule has 5 N–H and O–H groups in total. The minimum atomic E-state index is -0.978. The van der Waals surface area contributed by atoms with Gasteiger partial charge in [-0.3, -0.25) is 0 Å². The van der Waals surface area contributed by atoms with Crippen molar-refractivity contribution in [3.05, 3.63) is 78.9 Å². The van der Waals surface area contributed by atoms with Crippen LogP contribution in [0.5, 0.6) is 28.7 Å². The number of phenols is 5. The molecule has 0 saturated heterocycles. The summed E-state index contributed by atoms with van der Waals surface area (Å²) in [5, 5.41) is 54.6. The van der Waals surface area contributed by atoms with E-state index in [1.807, 2.05) is 78.9 Å². The zero-order chi connectivity index (χ0) is 21.7. The highest BCUT2D eigenvalue weighted by Crippen LogP contribution is 2.57. The molecule has 5 aromatic carbocycles. The first kappa shape index (κ1) is 18.6. The molecule has 0 bridgehead atoms. The normalized spacial score (nSPS) is 11.2. The van der Waals surface area contributed by atoms with Crippen molar-refractivity contribution in [1.82, 2.24) is 0 Å². The molecule has 0 saturated carbocycles. The van der Waals surface area contributed by atoms with Crippen LogP contribution in [0.2, 0.25) is 0 Å². The third-order valence-electron chi connectivity index (χ3n) is 5.61. The van der Waals surface area contributed by atoms with Gasteiger partial charge < -0.3 is 25.5 Å². The molecule has 0 radical (unpaired) electrons. The molecule has 152 valence electrons. The molecule has 0 aromatic heterocycles. The Labute approximate surface area is 177 Å². The summed E-state index contributed by atoms with van der Waals surface area (Å²) < 4.78 is 0. The van der Waals surface area contributed by atoms with E-state index < -0.39 is 28.7 Å². The highest BCUT2D eigenvalue weighted by molar-refractivity contribution is 6.22. The van der Waals surface area contributed by atoms with Crippen molar-refractivity contribution in [1.29, 1.82) is 0 Å². The summed E-state index contributed by atoms with van der Waals surface area (Å²) in [6, 6.07) is 25.0. The van der Waals surface area contributed by atoms with Crippen LogP contribution in [0.3, 0.4) is 0 Å². The molecule has 0 amide bonds. The van der Waals surface area contributed by atoms with Crippen molar-refractivity contribution in [3.63, 3.8) is 0 Å². The maximum atomic E-state index is 10.7. The summed E-state index contributed by atoms with van der Waals surface area (Å²) >= 11 is 0. The SMILES string of the molecule is Oc1c(O)c(O)c(-c2c3ccccc3c(-c3ccccc3)c3ccccc23)c(O)c1O. The lowest BCUT2D eigenvalue weighted by Gasteiger charge is -2.19. The van der Waals surface area contributed by atoms with Gasteiger partial charge in [-0.25, -0.2) is 0 Å². The second-order valence-corrected chi connectivity index (χ2v) is 7.33. The van der Waals surface area contributed by atoms with E-state index >= 15 is 0 Å².